The Bertz CT molecular complexity index is 843. The molecule has 0 saturated carbocycles. The quantitative estimate of drug-likeness (QED) is 0.606. The lowest BCUT2D eigenvalue weighted by molar-refractivity contribution is -0.152. The Morgan fingerprint density at radius 3 is 2.52 bits per heavy atom. The van der Waals surface area contributed by atoms with Gasteiger partial charge < -0.3 is 14.1 Å². The molecular formula is C21H26N2O4. The van der Waals surface area contributed by atoms with Crippen molar-refractivity contribution < 1.29 is 18.7 Å². The van der Waals surface area contributed by atoms with Crippen molar-refractivity contribution in [1.82, 2.24) is 4.98 Å². The predicted octanol–water partition coefficient (Wildman–Crippen LogP) is 3.69. The summed E-state index contributed by atoms with van der Waals surface area (Å²) < 4.78 is 10.9. The molecule has 1 atom stereocenters. The topological polar surface area (TPSA) is 72.6 Å². The van der Waals surface area contributed by atoms with Crippen molar-refractivity contribution in [1.29, 1.82) is 0 Å². The SMILES string of the molecule is Cc1cc(C)cc(N2CC[C@H](C(=O)OCc3ncc(C(C)(C)C)o3)C2=O)c1. The van der Waals surface area contributed by atoms with Crippen LogP contribution in [0.3, 0.4) is 0 Å². The number of hydrogen-bond acceptors (Lipinski definition) is 5. The summed E-state index contributed by atoms with van der Waals surface area (Å²) in [6.45, 7) is 10.5. The highest BCUT2D eigenvalue weighted by atomic mass is 16.5. The molecule has 1 aliphatic rings. The standard InChI is InChI=1S/C21H26N2O4/c1-13-8-14(2)10-15(9-13)23-7-6-16(19(23)24)20(25)26-12-18-22-11-17(27-18)21(3,4)5/h8-11,16H,6-7,12H2,1-5H3/t16-/m0/s1. The first-order valence-corrected chi connectivity index (χ1v) is 9.16. The number of ether oxygens (including phenoxy) is 1. The third kappa shape index (κ3) is 4.21. The van der Waals surface area contributed by atoms with Gasteiger partial charge in [-0.05, 0) is 43.5 Å². The fourth-order valence-corrected chi connectivity index (χ4v) is 3.22. The van der Waals surface area contributed by atoms with Crippen LogP contribution in [0.4, 0.5) is 5.69 Å². The number of amides is 1. The maximum Gasteiger partial charge on any atom is 0.319 e. The lowest BCUT2D eigenvalue weighted by Gasteiger charge is -2.18. The van der Waals surface area contributed by atoms with E-state index in [0.717, 1.165) is 22.6 Å². The molecule has 0 N–H and O–H groups in total. The second kappa shape index (κ2) is 7.18. The molecule has 1 amide bonds. The number of carbonyl (C=O) groups is 2. The second-order valence-electron chi connectivity index (χ2n) is 8.15. The molecule has 2 aromatic rings. The van der Waals surface area contributed by atoms with Crippen LogP contribution in [0.5, 0.6) is 0 Å². The molecule has 27 heavy (non-hydrogen) atoms. The molecule has 0 bridgehead atoms. The second-order valence-corrected chi connectivity index (χ2v) is 8.15. The lowest BCUT2D eigenvalue weighted by atomic mass is 9.94. The van der Waals surface area contributed by atoms with E-state index in [1.54, 1.807) is 11.1 Å². The summed E-state index contributed by atoms with van der Waals surface area (Å²) in [7, 11) is 0. The van der Waals surface area contributed by atoms with Crippen LogP contribution in [0, 0.1) is 19.8 Å². The zero-order valence-electron chi connectivity index (χ0n) is 16.5. The van der Waals surface area contributed by atoms with Crippen LogP contribution >= 0.6 is 0 Å². The Kier molecular flexibility index (Phi) is 5.09. The van der Waals surface area contributed by atoms with E-state index in [-0.39, 0.29) is 17.9 Å². The Hall–Kier alpha value is -2.63. The van der Waals surface area contributed by atoms with Crippen LogP contribution in [-0.4, -0.2) is 23.4 Å². The molecule has 1 saturated heterocycles. The third-order valence-corrected chi connectivity index (χ3v) is 4.64. The summed E-state index contributed by atoms with van der Waals surface area (Å²) in [5.41, 5.74) is 2.84. The molecule has 1 aromatic carbocycles. The zero-order chi connectivity index (χ0) is 19.8. The highest BCUT2D eigenvalue weighted by molar-refractivity contribution is 6.08. The minimum absolute atomic E-state index is 0.0672. The molecule has 0 radical (unpaired) electrons. The summed E-state index contributed by atoms with van der Waals surface area (Å²) in [6.07, 6.45) is 2.09. The number of esters is 1. The first-order valence-electron chi connectivity index (χ1n) is 9.16. The molecule has 0 unspecified atom stereocenters. The number of oxazole rings is 1. The number of hydrogen-bond donors (Lipinski definition) is 0. The van der Waals surface area contributed by atoms with E-state index in [1.165, 1.54) is 0 Å². The van der Waals surface area contributed by atoms with Gasteiger partial charge in [-0.3, -0.25) is 9.59 Å². The van der Waals surface area contributed by atoms with Crippen molar-refractivity contribution in [2.75, 3.05) is 11.4 Å². The Morgan fingerprint density at radius 2 is 1.93 bits per heavy atom. The van der Waals surface area contributed by atoms with Gasteiger partial charge in [-0.2, -0.15) is 0 Å². The Labute approximate surface area is 159 Å². The van der Waals surface area contributed by atoms with Gasteiger partial charge in [-0.15, -0.1) is 0 Å². The number of nitrogens with zero attached hydrogens (tertiary/aromatic N) is 2. The molecular weight excluding hydrogens is 344 g/mol. The maximum absolute atomic E-state index is 12.7. The number of anilines is 1. The van der Waals surface area contributed by atoms with Crippen LogP contribution in [0.2, 0.25) is 0 Å². The average Bonchev–Trinajstić information content (AvgIpc) is 3.18. The number of aromatic nitrogens is 1. The van der Waals surface area contributed by atoms with Crippen molar-refractivity contribution in [2.24, 2.45) is 5.92 Å². The summed E-state index contributed by atoms with van der Waals surface area (Å²) in [4.78, 5) is 30.9. The first kappa shape index (κ1) is 19.1. The molecule has 6 nitrogen and oxygen atoms in total. The monoisotopic (exact) mass is 370 g/mol. The molecule has 1 aromatic heterocycles. The predicted molar refractivity (Wildman–Crippen MR) is 101 cm³/mol. The van der Waals surface area contributed by atoms with E-state index in [0.29, 0.717) is 18.9 Å². The number of benzene rings is 1. The van der Waals surface area contributed by atoms with Gasteiger partial charge in [0, 0.05) is 17.6 Å². The fourth-order valence-electron chi connectivity index (χ4n) is 3.22. The van der Waals surface area contributed by atoms with Crippen molar-refractivity contribution in [3.8, 4) is 0 Å². The molecule has 6 heteroatoms. The van der Waals surface area contributed by atoms with Crippen LogP contribution in [0.1, 0.15) is 50.0 Å². The highest BCUT2D eigenvalue weighted by Gasteiger charge is 2.39. The highest BCUT2D eigenvalue weighted by Crippen LogP contribution is 2.28. The lowest BCUT2D eigenvalue weighted by Crippen LogP contribution is -2.31. The van der Waals surface area contributed by atoms with Gasteiger partial charge in [-0.1, -0.05) is 26.8 Å². The van der Waals surface area contributed by atoms with Gasteiger partial charge in [0.15, 0.2) is 6.61 Å². The fraction of sp³-hybridized carbons (Fsp3) is 0.476. The largest absolute Gasteiger partial charge is 0.455 e. The first-order chi connectivity index (χ1) is 12.6. The van der Waals surface area contributed by atoms with Crippen LogP contribution in [0.25, 0.3) is 0 Å². The van der Waals surface area contributed by atoms with Gasteiger partial charge in [0.2, 0.25) is 11.8 Å². The van der Waals surface area contributed by atoms with Gasteiger partial charge in [0.1, 0.15) is 11.7 Å². The zero-order valence-corrected chi connectivity index (χ0v) is 16.5. The summed E-state index contributed by atoms with van der Waals surface area (Å²) in [5, 5.41) is 0. The van der Waals surface area contributed by atoms with E-state index >= 15 is 0 Å². The van der Waals surface area contributed by atoms with Crippen LogP contribution < -0.4 is 4.90 Å². The van der Waals surface area contributed by atoms with E-state index in [1.807, 2.05) is 46.8 Å². The molecule has 1 aliphatic heterocycles. The van der Waals surface area contributed by atoms with Crippen molar-refractivity contribution in [3.63, 3.8) is 0 Å². The van der Waals surface area contributed by atoms with Crippen LogP contribution in [0.15, 0.2) is 28.8 Å². The van der Waals surface area contributed by atoms with Crippen molar-refractivity contribution in [3.05, 3.63) is 47.2 Å². The maximum atomic E-state index is 12.7. The van der Waals surface area contributed by atoms with Crippen molar-refractivity contribution in [2.45, 2.75) is 53.1 Å². The summed E-state index contributed by atoms with van der Waals surface area (Å²) >= 11 is 0. The molecule has 0 aliphatic carbocycles. The van der Waals surface area contributed by atoms with Gasteiger partial charge in [-0.25, -0.2) is 4.98 Å². The van der Waals surface area contributed by atoms with Crippen LogP contribution in [-0.2, 0) is 26.3 Å². The van der Waals surface area contributed by atoms with Gasteiger partial charge in [0.25, 0.3) is 0 Å². The van der Waals surface area contributed by atoms with Gasteiger partial charge >= 0.3 is 5.97 Å². The molecule has 1 fully saturated rings. The molecule has 2 heterocycles. The van der Waals surface area contributed by atoms with Crippen molar-refractivity contribution >= 4 is 17.6 Å². The number of aryl methyl sites for hydroxylation is 2. The minimum Gasteiger partial charge on any atom is -0.455 e. The third-order valence-electron chi connectivity index (χ3n) is 4.64. The normalized spacial score (nSPS) is 17.4. The molecule has 144 valence electrons. The molecule has 0 spiro atoms. The van der Waals surface area contributed by atoms with E-state index in [9.17, 15) is 9.59 Å². The molecule has 3 rings (SSSR count). The summed E-state index contributed by atoms with van der Waals surface area (Å²) in [5.74, 6) is -0.450. The summed E-state index contributed by atoms with van der Waals surface area (Å²) in [6, 6.07) is 5.97. The van der Waals surface area contributed by atoms with E-state index < -0.39 is 11.9 Å². The van der Waals surface area contributed by atoms with Gasteiger partial charge in [0.05, 0.1) is 6.20 Å². The number of carbonyl (C=O) groups excluding carboxylic acids is 2. The number of rotatable bonds is 4. The Morgan fingerprint density at radius 1 is 1.26 bits per heavy atom. The Balaban J connectivity index is 1.62. The average molecular weight is 370 g/mol. The smallest absolute Gasteiger partial charge is 0.319 e. The minimum atomic E-state index is -0.775. The van der Waals surface area contributed by atoms with E-state index in [4.69, 9.17) is 9.15 Å². The van der Waals surface area contributed by atoms with E-state index in [2.05, 4.69) is 11.1 Å².